The Bertz CT molecular complexity index is 675. The van der Waals surface area contributed by atoms with E-state index in [0.29, 0.717) is 22.6 Å². The number of nitrogens with two attached hydrogens (primary N) is 1. The van der Waals surface area contributed by atoms with E-state index in [1.807, 2.05) is 6.92 Å². The molecule has 1 unspecified atom stereocenters. The summed E-state index contributed by atoms with van der Waals surface area (Å²) in [4.78, 5) is 0. The van der Waals surface area contributed by atoms with Crippen LogP contribution >= 0.6 is 0 Å². The molecule has 0 amide bonds. The minimum atomic E-state index is -0.481. The highest BCUT2D eigenvalue weighted by Crippen LogP contribution is 2.32. The summed E-state index contributed by atoms with van der Waals surface area (Å²) in [5.41, 5.74) is 7.47. The van der Waals surface area contributed by atoms with Crippen molar-refractivity contribution in [2.24, 2.45) is 5.73 Å². The van der Waals surface area contributed by atoms with Gasteiger partial charge in [0.15, 0.2) is 0 Å². The third-order valence-electron chi connectivity index (χ3n) is 3.01. The van der Waals surface area contributed by atoms with Crippen LogP contribution in [0.4, 0.5) is 4.39 Å². The van der Waals surface area contributed by atoms with Crippen LogP contribution in [0.15, 0.2) is 36.4 Å². The first-order valence-corrected chi connectivity index (χ1v) is 6.25. The zero-order chi connectivity index (χ0) is 14.7. The maximum atomic E-state index is 13.8. The number of hydrogen-bond acceptors (Lipinski definition) is 3. The molecule has 0 saturated heterocycles. The maximum absolute atomic E-state index is 13.8. The Morgan fingerprint density at radius 1 is 1.25 bits per heavy atom. The van der Waals surface area contributed by atoms with Crippen molar-refractivity contribution in [2.75, 3.05) is 0 Å². The molecule has 0 bridgehead atoms. The van der Waals surface area contributed by atoms with Gasteiger partial charge in [0.25, 0.3) is 0 Å². The Kier molecular flexibility index (Phi) is 4.02. The molecule has 0 aliphatic carbocycles. The Hall–Kier alpha value is -2.38. The SMILES string of the molecule is Cc1ccc(C#N)cc1Oc1cccc(F)c1C(C)N. The predicted molar refractivity (Wildman–Crippen MR) is 75.0 cm³/mol. The molecule has 0 heterocycles. The average Bonchev–Trinajstić information content (AvgIpc) is 2.41. The van der Waals surface area contributed by atoms with E-state index in [1.165, 1.54) is 6.07 Å². The lowest BCUT2D eigenvalue weighted by molar-refractivity contribution is 0.457. The monoisotopic (exact) mass is 270 g/mol. The second kappa shape index (κ2) is 5.72. The van der Waals surface area contributed by atoms with E-state index < -0.39 is 11.9 Å². The molecule has 0 fully saturated rings. The van der Waals surface area contributed by atoms with Gasteiger partial charge in [0.1, 0.15) is 17.3 Å². The highest BCUT2D eigenvalue weighted by molar-refractivity contribution is 5.46. The van der Waals surface area contributed by atoms with E-state index in [9.17, 15) is 4.39 Å². The molecule has 0 spiro atoms. The summed E-state index contributed by atoms with van der Waals surface area (Å²) in [5.74, 6) is 0.501. The van der Waals surface area contributed by atoms with E-state index >= 15 is 0 Å². The quantitative estimate of drug-likeness (QED) is 0.922. The Morgan fingerprint density at radius 2 is 2.00 bits per heavy atom. The molecule has 1 atom stereocenters. The highest BCUT2D eigenvalue weighted by Gasteiger charge is 2.15. The van der Waals surface area contributed by atoms with Crippen molar-refractivity contribution in [3.05, 3.63) is 58.9 Å². The van der Waals surface area contributed by atoms with E-state index in [1.54, 1.807) is 37.3 Å². The summed E-state index contributed by atoms with van der Waals surface area (Å²) in [6.07, 6.45) is 0. The summed E-state index contributed by atoms with van der Waals surface area (Å²) >= 11 is 0. The highest BCUT2D eigenvalue weighted by atomic mass is 19.1. The molecule has 2 aromatic carbocycles. The van der Waals surface area contributed by atoms with Crippen molar-refractivity contribution >= 4 is 0 Å². The van der Waals surface area contributed by atoms with E-state index in [2.05, 4.69) is 6.07 Å². The van der Waals surface area contributed by atoms with Gasteiger partial charge in [-0.2, -0.15) is 5.26 Å². The summed E-state index contributed by atoms with van der Waals surface area (Å²) in [7, 11) is 0. The van der Waals surface area contributed by atoms with Crippen LogP contribution in [-0.2, 0) is 0 Å². The maximum Gasteiger partial charge on any atom is 0.135 e. The zero-order valence-electron chi connectivity index (χ0n) is 11.4. The Labute approximate surface area is 117 Å². The molecule has 2 aromatic rings. The summed E-state index contributed by atoms with van der Waals surface area (Å²) in [6.45, 7) is 3.56. The first-order chi connectivity index (χ1) is 9.52. The van der Waals surface area contributed by atoms with Gasteiger partial charge in [-0.3, -0.25) is 0 Å². The number of hydrogen-bond donors (Lipinski definition) is 1. The molecular formula is C16H15FN2O. The summed E-state index contributed by atoms with van der Waals surface area (Å²) in [6, 6.07) is 11.3. The van der Waals surface area contributed by atoms with Crippen LogP contribution in [0.1, 0.15) is 29.7 Å². The van der Waals surface area contributed by atoms with Crippen LogP contribution in [0.5, 0.6) is 11.5 Å². The zero-order valence-corrected chi connectivity index (χ0v) is 11.4. The van der Waals surface area contributed by atoms with Crippen molar-refractivity contribution in [3.63, 3.8) is 0 Å². The summed E-state index contributed by atoms with van der Waals surface area (Å²) in [5, 5.41) is 8.92. The minimum absolute atomic E-state index is 0.328. The first-order valence-electron chi connectivity index (χ1n) is 6.25. The van der Waals surface area contributed by atoms with Gasteiger partial charge in [0.05, 0.1) is 11.6 Å². The smallest absolute Gasteiger partial charge is 0.135 e. The molecule has 0 saturated carbocycles. The predicted octanol–water partition coefficient (Wildman–Crippen LogP) is 3.82. The molecule has 0 aliphatic rings. The molecule has 2 rings (SSSR count). The van der Waals surface area contributed by atoms with Crippen molar-refractivity contribution in [1.82, 2.24) is 0 Å². The van der Waals surface area contributed by atoms with Gasteiger partial charge in [-0.05, 0) is 43.7 Å². The fourth-order valence-electron chi connectivity index (χ4n) is 1.95. The Morgan fingerprint density at radius 3 is 2.65 bits per heavy atom. The van der Waals surface area contributed by atoms with Crippen LogP contribution in [-0.4, -0.2) is 0 Å². The standard InChI is InChI=1S/C16H15FN2O/c1-10-6-7-12(9-18)8-15(10)20-14-5-3-4-13(17)16(14)11(2)19/h3-8,11H,19H2,1-2H3. The number of nitrogens with zero attached hydrogens (tertiary/aromatic N) is 1. The molecule has 0 aromatic heterocycles. The molecule has 0 aliphatic heterocycles. The molecule has 0 radical (unpaired) electrons. The fraction of sp³-hybridized carbons (Fsp3) is 0.188. The molecule has 3 nitrogen and oxygen atoms in total. The normalized spacial score (nSPS) is 11.8. The van der Waals surface area contributed by atoms with Crippen LogP contribution in [0.2, 0.25) is 0 Å². The van der Waals surface area contributed by atoms with Crippen LogP contribution in [0.25, 0.3) is 0 Å². The molecule has 20 heavy (non-hydrogen) atoms. The van der Waals surface area contributed by atoms with Gasteiger partial charge >= 0.3 is 0 Å². The van der Waals surface area contributed by atoms with Crippen LogP contribution < -0.4 is 10.5 Å². The van der Waals surface area contributed by atoms with E-state index in [4.69, 9.17) is 15.7 Å². The lowest BCUT2D eigenvalue weighted by atomic mass is 10.1. The second-order valence-corrected chi connectivity index (χ2v) is 4.63. The van der Waals surface area contributed by atoms with Gasteiger partial charge in [0, 0.05) is 11.6 Å². The van der Waals surface area contributed by atoms with Crippen molar-refractivity contribution < 1.29 is 9.13 Å². The number of benzene rings is 2. The van der Waals surface area contributed by atoms with Gasteiger partial charge in [0.2, 0.25) is 0 Å². The van der Waals surface area contributed by atoms with E-state index in [0.717, 1.165) is 5.56 Å². The van der Waals surface area contributed by atoms with E-state index in [-0.39, 0.29) is 0 Å². The van der Waals surface area contributed by atoms with Gasteiger partial charge in [-0.1, -0.05) is 12.1 Å². The fourth-order valence-corrected chi connectivity index (χ4v) is 1.95. The first kappa shape index (κ1) is 14.0. The van der Waals surface area contributed by atoms with Gasteiger partial charge < -0.3 is 10.5 Å². The topological polar surface area (TPSA) is 59.0 Å². The molecular weight excluding hydrogens is 255 g/mol. The Balaban J connectivity index is 2.45. The van der Waals surface area contributed by atoms with Crippen molar-refractivity contribution in [3.8, 4) is 17.6 Å². The lowest BCUT2D eigenvalue weighted by Gasteiger charge is -2.15. The second-order valence-electron chi connectivity index (χ2n) is 4.63. The van der Waals surface area contributed by atoms with Gasteiger partial charge in [-0.15, -0.1) is 0 Å². The van der Waals surface area contributed by atoms with Crippen molar-refractivity contribution in [1.29, 1.82) is 5.26 Å². The van der Waals surface area contributed by atoms with Crippen LogP contribution in [0.3, 0.4) is 0 Å². The largest absolute Gasteiger partial charge is 0.457 e. The molecule has 4 heteroatoms. The third-order valence-corrected chi connectivity index (χ3v) is 3.01. The lowest BCUT2D eigenvalue weighted by Crippen LogP contribution is -2.09. The molecule has 102 valence electrons. The van der Waals surface area contributed by atoms with Crippen LogP contribution in [0, 0.1) is 24.1 Å². The number of nitriles is 1. The summed E-state index contributed by atoms with van der Waals surface area (Å²) < 4.78 is 19.6. The molecule has 2 N–H and O–H groups in total. The third kappa shape index (κ3) is 2.79. The van der Waals surface area contributed by atoms with Gasteiger partial charge in [-0.25, -0.2) is 4.39 Å². The minimum Gasteiger partial charge on any atom is -0.457 e. The number of rotatable bonds is 3. The number of halogens is 1. The average molecular weight is 270 g/mol. The number of ether oxygens (including phenoxy) is 1. The van der Waals surface area contributed by atoms with Crippen molar-refractivity contribution in [2.45, 2.75) is 19.9 Å². The number of aryl methyl sites for hydroxylation is 1.